The summed E-state index contributed by atoms with van der Waals surface area (Å²) in [6, 6.07) is 4.73. The Labute approximate surface area is 93.5 Å². The molecule has 3 N–H and O–H groups in total. The topological polar surface area (TPSA) is 90.4 Å². The molecule has 0 aliphatic heterocycles. The number of nitro groups is 1. The van der Waals surface area contributed by atoms with Crippen LogP contribution in [-0.2, 0) is 0 Å². The van der Waals surface area contributed by atoms with Gasteiger partial charge in [-0.25, -0.2) is 0 Å². The Kier molecular flexibility index (Phi) is 4.07. The summed E-state index contributed by atoms with van der Waals surface area (Å²) in [5, 5.41) is 13.8. The number of nitro benzene ring substituents is 1. The predicted octanol–water partition coefficient (Wildman–Crippen LogP) is 1.36. The highest BCUT2D eigenvalue weighted by Crippen LogP contribution is 2.29. The maximum Gasteiger partial charge on any atom is 0.311 e. The first-order valence-electron chi connectivity index (χ1n) is 4.87. The van der Waals surface area contributed by atoms with Gasteiger partial charge in [-0.15, -0.1) is 0 Å². The highest BCUT2D eigenvalue weighted by molar-refractivity contribution is 5.58. The zero-order valence-electron chi connectivity index (χ0n) is 9.27. The minimum atomic E-state index is -0.477. The first-order chi connectivity index (χ1) is 7.58. The standard InChI is InChI=1S/C10H15N3O3/c1-7(6-11)12-8-3-4-9(13(14)15)10(5-8)16-2/h3-5,7,12H,6,11H2,1-2H3. The SMILES string of the molecule is COc1cc(NC(C)CN)ccc1[N+](=O)[O-]. The molecule has 0 spiro atoms. The molecule has 1 rings (SSSR count). The van der Waals surface area contributed by atoms with Crippen LogP contribution < -0.4 is 15.8 Å². The molecule has 0 amide bonds. The molecule has 0 aliphatic carbocycles. The van der Waals surface area contributed by atoms with E-state index in [0.717, 1.165) is 5.69 Å². The number of anilines is 1. The second kappa shape index (κ2) is 5.32. The molecule has 6 heteroatoms. The van der Waals surface area contributed by atoms with Crippen molar-refractivity contribution in [2.45, 2.75) is 13.0 Å². The average molecular weight is 225 g/mol. The van der Waals surface area contributed by atoms with Crippen LogP contribution in [0.1, 0.15) is 6.92 Å². The Hall–Kier alpha value is -1.82. The second-order valence-corrected chi connectivity index (χ2v) is 3.42. The molecular formula is C10H15N3O3. The average Bonchev–Trinajstić information content (AvgIpc) is 2.28. The molecule has 0 heterocycles. The van der Waals surface area contributed by atoms with Crippen LogP contribution in [0, 0.1) is 10.1 Å². The number of hydrogen-bond donors (Lipinski definition) is 2. The van der Waals surface area contributed by atoms with E-state index in [1.807, 2.05) is 6.92 Å². The van der Waals surface area contributed by atoms with Crippen LogP contribution in [0.25, 0.3) is 0 Å². The lowest BCUT2D eigenvalue weighted by atomic mass is 10.2. The van der Waals surface area contributed by atoms with E-state index in [-0.39, 0.29) is 17.5 Å². The van der Waals surface area contributed by atoms with Crippen LogP contribution in [0.5, 0.6) is 5.75 Å². The fourth-order valence-electron chi connectivity index (χ4n) is 1.26. The van der Waals surface area contributed by atoms with Crippen molar-refractivity contribution in [3.05, 3.63) is 28.3 Å². The van der Waals surface area contributed by atoms with Crippen molar-refractivity contribution in [2.24, 2.45) is 5.73 Å². The van der Waals surface area contributed by atoms with Gasteiger partial charge in [-0.1, -0.05) is 0 Å². The highest BCUT2D eigenvalue weighted by atomic mass is 16.6. The van der Waals surface area contributed by atoms with Gasteiger partial charge in [0, 0.05) is 30.4 Å². The Bertz CT molecular complexity index is 382. The van der Waals surface area contributed by atoms with Crippen LogP contribution >= 0.6 is 0 Å². The van der Waals surface area contributed by atoms with Crippen molar-refractivity contribution in [2.75, 3.05) is 19.0 Å². The van der Waals surface area contributed by atoms with E-state index in [9.17, 15) is 10.1 Å². The number of nitrogens with one attached hydrogen (secondary N) is 1. The van der Waals surface area contributed by atoms with Crippen molar-refractivity contribution in [1.82, 2.24) is 0 Å². The molecule has 0 radical (unpaired) electrons. The molecule has 1 aromatic carbocycles. The van der Waals surface area contributed by atoms with Gasteiger partial charge in [-0.05, 0) is 13.0 Å². The molecule has 0 saturated carbocycles. The van der Waals surface area contributed by atoms with Crippen molar-refractivity contribution in [3.63, 3.8) is 0 Å². The number of methoxy groups -OCH3 is 1. The maximum absolute atomic E-state index is 10.7. The van der Waals surface area contributed by atoms with Crippen LogP contribution in [0.3, 0.4) is 0 Å². The van der Waals surface area contributed by atoms with Crippen molar-refractivity contribution >= 4 is 11.4 Å². The molecule has 6 nitrogen and oxygen atoms in total. The number of hydrogen-bond acceptors (Lipinski definition) is 5. The van der Waals surface area contributed by atoms with Gasteiger partial charge in [-0.2, -0.15) is 0 Å². The molecule has 88 valence electrons. The third-order valence-corrected chi connectivity index (χ3v) is 2.14. The Morgan fingerprint density at radius 1 is 1.62 bits per heavy atom. The zero-order chi connectivity index (χ0) is 12.1. The predicted molar refractivity (Wildman–Crippen MR) is 61.8 cm³/mol. The van der Waals surface area contributed by atoms with Crippen molar-refractivity contribution < 1.29 is 9.66 Å². The number of rotatable bonds is 5. The molecule has 0 fully saturated rings. The lowest BCUT2D eigenvalue weighted by Gasteiger charge is -2.13. The van der Waals surface area contributed by atoms with E-state index < -0.39 is 4.92 Å². The summed E-state index contributed by atoms with van der Waals surface area (Å²) in [4.78, 5) is 10.2. The van der Waals surface area contributed by atoms with Gasteiger partial charge in [0.1, 0.15) is 0 Å². The van der Waals surface area contributed by atoms with Gasteiger partial charge in [0.25, 0.3) is 0 Å². The zero-order valence-corrected chi connectivity index (χ0v) is 9.27. The molecule has 1 aromatic rings. The Balaban J connectivity index is 2.95. The molecule has 0 saturated heterocycles. The summed E-state index contributed by atoms with van der Waals surface area (Å²) in [6.07, 6.45) is 0. The lowest BCUT2D eigenvalue weighted by molar-refractivity contribution is -0.385. The van der Waals surface area contributed by atoms with Gasteiger partial charge in [0.05, 0.1) is 12.0 Å². The van der Waals surface area contributed by atoms with Crippen LogP contribution in [-0.4, -0.2) is 24.6 Å². The van der Waals surface area contributed by atoms with Crippen molar-refractivity contribution in [3.8, 4) is 5.75 Å². The summed E-state index contributed by atoms with van der Waals surface area (Å²) >= 11 is 0. The van der Waals surface area contributed by atoms with E-state index in [0.29, 0.717) is 6.54 Å². The second-order valence-electron chi connectivity index (χ2n) is 3.42. The van der Waals surface area contributed by atoms with E-state index in [4.69, 9.17) is 10.5 Å². The maximum atomic E-state index is 10.7. The third kappa shape index (κ3) is 2.83. The highest BCUT2D eigenvalue weighted by Gasteiger charge is 2.14. The largest absolute Gasteiger partial charge is 0.490 e. The fraction of sp³-hybridized carbons (Fsp3) is 0.400. The molecule has 0 aliphatic rings. The van der Waals surface area contributed by atoms with Crippen LogP contribution in [0.4, 0.5) is 11.4 Å². The van der Waals surface area contributed by atoms with Gasteiger partial charge in [-0.3, -0.25) is 10.1 Å². The first-order valence-corrected chi connectivity index (χ1v) is 4.87. The molecule has 1 atom stereocenters. The summed E-state index contributed by atoms with van der Waals surface area (Å²) in [5.74, 6) is 0.235. The van der Waals surface area contributed by atoms with Gasteiger partial charge < -0.3 is 15.8 Å². The molecule has 1 unspecified atom stereocenters. The quantitative estimate of drug-likeness (QED) is 0.583. The summed E-state index contributed by atoms with van der Waals surface area (Å²) in [5.41, 5.74) is 6.17. The molecular weight excluding hydrogens is 210 g/mol. The van der Waals surface area contributed by atoms with E-state index in [1.54, 1.807) is 12.1 Å². The van der Waals surface area contributed by atoms with Crippen LogP contribution in [0.15, 0.2) is 18.2 Å². The van der Waals surface area contributed by atoms with Crippen molar-refractivity contribution in [1.29, 1.82) is 0 Å². The number of nitrogens with two attached hydrogens (primary N) is 1. The van der Waals surface area contributed by atoms with E-state index in [2.05, 4.69) is 5.32 Å². The summed E-state index contributed by atoms with van der Waals surface area (Å²) in [7, 11) is 1.40. The lowest BCUT2D eigenvalue weighted by Crippen LogP contribution is -2.25. The van der Waals surface area contributed by atoms with E-state index in [1.165, 1.54) is 13.2 Å². The van der Waals surface area contributed by atoms with E-state index >= 15 is 0 Å². The van der Waals surface area contributed by atoms with Gasteiger partial charge >= 0.3 is 5.69 Å². The minimum absolute atomic E-state index is 0.0477. The normalized spacial score (nSPS) is 11.9. The number of ether oxygens (including phenoxy) is 1. The fourth-order valence-corrected chi connectivity index (χ4v) is 1.26. The molecule has 0 bridgehead atoms. The van der Waals surface area contributed by atoms with Gasteiger partial charge in [0.2, 0.25) is 0 Å². The smallest absolute Gasteiger partial charge is 0.311 e. The first kappa shape index (κ1) is 12.3. The monoisotopic (exact) mass is 225 g/mol. The summed E-state index contributed by atoms with van der Waals surface area (Å²) < 4.78 is 4.95. The summed E-state index contributed by atoms with van der Waals surface area (Å²) in [6.45, 7) is 2.41. The minimum Gasteiger partial charge on any atom is -0.490 e. The van der Waals surface area contributed by atoms with Crippen LogP contribution in [0.2, 0.25) is 0 Å². The number of nitrogens with zero attached hydrogens (tertiary/aromatic N) is 1. The third-order valence-electron chi connectivity index (χ3n) is 2.14. The van der Waals surface area contributed by atoms with Gasteiger partial charge in [0.15, 0.2) is 5.75 Å². The number of benzene rings is 1. The Morgan fingerprint density at radius 3 is 2.81 bits per heavy atom. The molecule has 0 aromatic heterocycles. The Morgan fingerprint density at radius 2 is 2.31 bits per heavy atom. The molecule has 16 heavy (non-hydrogen) atoms.